The lowest BCUT2D eigenvalue weighted by molar-refractivity contribution is 0.151. The molecule has 0 atom stereocenters. The first-order valence-corrected chi connectivity index (χ1v) is 11.7. The van der Waals surface area contributed by atoms with Gasteiger partial charge in [0.2, 0.25) is 0 Å². The highest BCUT2D eigenvalue weighted by molar-refractivity contribution is 14.1. The Labute approximate surface area is 214 Å². The van der Waals surface area contributed by atoms with Gasteiger partial charge in [0.1, 0.15) is 17.2 Å². The molecule has 0 aliphatic heterocycles. The van der Waals surface area contributed by atoms with E-state index in [1.807, 2.05) is 42.5 Å². The molecule has 0 N–H and O–H groups in total. The summed E-state index contributed by atoms with van der Waals surface area (Å²) in [5.74, 6) is 1.34. The second-order valence-corrected chi connectivity index (χ2v) is 8.67. The van der Waals surface area contributed by atoms with Crippen LogP contribution in [0.15, 0.2) is 103 Å². The molecule has 7 heteroatoms. The summed E-state index contributed by atoms with van der Waals surface area (Å²) < 4.78 is 23.0. The van der Waals surface area contributed by atoms with Crippen molar-refractivity contribution >= 4 is 56.4 Å². The third-order valence-electron chi connectivity index (χ3n) is 5.15. The first kappa shape index (κ1) is 22.7. The topological polar surface area (TPSA) is 71.1 Å². The van der Waals surface area contributed by atoms with Gasteiger partial charge >= 0.3 is 12.3 Å². The van der Waals surface area contributed by atoms with Crippen molar-refractivity contribution in [2.75, 3.05) is 0 Å². The molecular weight excluding hydrogens is 559 g/mol. The lowest BCUT2D eigenvalue weighted by atomic mass is 10.0. The Hall–Kier alpha value is -4.11. The number of hydrogen-bond donors (Lipinski definition) is 0. The van der Waals surface area contributed by atoms with Crippen LogP contribution in [0.25, 0.3) is 21.5 Å². The fourth-order valence-electron chi connectivity index (χ4n) is 3.67. The maximum absolute atomic E-state index is 12.7. The van der Waals surface area contributed by atoms with Gasteiger partial charge in [-0.25, -0.2) is 9.59 Å². The highest BCUT2D eigenvalue weighted by Crippen LogP contribution is 2.43. The van der Waals surface area contributed by atoms with Crippen LogP contribution in [0.1, 0.15) is 0 Å². The van der Waals surface area contributed by atoms with Crippen LogP contribution in [0.3, 0.4) is 0 Å². The van der Waals surface area contributed by atoms with Gasteiger partial charge in [0.15, 0.2) is 5.75 Å². The van der Waals surface area contributed by atoms with Crippen LogP contribution >= 0.6 is 22.6 Å². The molecule has 0 amide bonds. The summed E-state index contributed by atoms with van der Waals surface area (Å²) in [7, 11) is 0. The minimum Gasteiger partial charge on any atom is -0.395 e. The van der Waals surface area contributed by atoms with Gasteiger partial charge in [0.25, 0.3) is 0 Å². The molecule has 35 heavy (non-hydrogen) atoms. The van der Waals surface area contributed by atoms with E-state index in [-0.39, 0.29) is 0 Å². The van der Waals surface area contributed by atoms with Crippen molar-refractivity contribution in [3.05, 3.63) is 107 Å². The predicted octanol–water partition coefficient (Wildman–Crippen LogP) is 7.75. The Morgan fingerprint density at radius 2 is 0.914 bits per heavy atom. The molecule has 0 saturated carbocycles. The Bertz CT molecular complexity index is 1530. The van der Waals surface area contributed by atoms with Gasteiger partial charge in [0, 0.05) is 25.1 Å². The van der Waals surface area contributed by atoms with E-state index in [2.05, 4.69) is 22.6 Å². The number of carbonyl (C=O) groups excluding carboxylic acids is 2. The van der Waals surface area contributed by atoms with E-state index in [4.69, 9.17) is 18.9 Å². The summed E-state index contributed by atoms with van der Waals surface area (Å²) in [6.45, 7) is 0. The summed E-state index contributed by atoms with van der Waals surface area (Å²) in [4.78, 5) is 25.3. The number of benzene rings is 5. The number of ether oxygens (including phenoxy) is 4. The second kappa shape index (κ2) is 10.0. The fourth-order valence-corrected chi connectivity index (χ4v) is 4.16. The summed E-state index contributed by atoms with van der Waals surface area (Å²) >= 11 is 2.17. The summed E-state index contributed by atoms with van der Waals surface area (Å²) in [6, 6.07) is 30.1. The molecule has 5 aromatic carbocycles. The van der Waals surface area contributed by atoms with Gasteiger partial charge in [-0.15, -0.1) is 0 Å². The van der Waals surface area contributed by atoms with Crippen molar-refractivity contribution in [3.63, 3.8) is 0 Å². The van der Waals surface area contributed by atoms with Crippen molar-refractivity contribution in [3.8, 4) is 23.0 Å². The molecule has 0 bridgehead atoms. The van der Waals surface area contributed by atoms with E-state index in [0.717, 1.165) is 3.57 Å². The molecule has 0 radical (unpaired) electrons. The Morgan fingerprint density at radius 1 is 0.486 bits per heavy atom. The zero-order chi connectivity index (χ0) is 24.2. The molecule has 0 aliphatic carbocycles. The molecule has 5 rings (SSSR count). The molecule has 0 aliphatic rings. The van der Waals surface area contributed by atoms with Gasteiger partial charge in [-0.1, -0.05) is 60.7 Å². The molecule has 0 spiro atoms. The van der Waals surface area contributed by atoms with Crippen LogP contribution in [-0.4, -0.2) is 12.3 Å². The average Bonchev–Trinajstić information content (AvgIpc) is 2.87. The predicted molar refractivity (Wildman–Crippen MR) is 140 cm³/mol. The SMILES string of the molecule is O=C(Oc1ccccc1)Oc1c2ccccc2c(OC(=O)Oc2ccccc2)c2cc(I)ccc12. The van der Waals surface area contributed by atoms with Crippen molar-refractivity contribution in [2.45, 2.75) is 0 Å². The van der Waals surface area contributed by atoms with Gasteiger partial charge < -0.3 is 18.9 Å². The van der Waals surface area contributed by atoms with Gasteiger partial charge in [-0.05, 0) is 65.1 Å². The third-order valence-corrected chi connectivity index (χ3v) is 5.82. The van der Waals surface area contributed by atoms with Crippen LogP contribution in [0.2, 0.25) is 0 Å². The van der Waals surface area contributed by atoms with E-state index < -0.39 is 12.3 Å². The Kier molecular flexibility index (Phi) is 6.49. The van der Waals surface area contributed by atoms with Crippen LogP contribution in [0.5, 0.6) is 23.0 Å². The van der Waals surface area contributed by atoms with E-state index in [0.29, 0.717) is 44.5 Å². The largest absolute Gasteiger partial charge is 0.519 e. The second-order valence-electron chi connectivity index (χ2n) is 7.43. The van der Waals surface area contributed by atoms with Crippen molar-refractivity contribution in [2.24, 2.45) is 0 Å². The number of halogens is 1. The maximum Gasteiger partial charge on any atom is 0.519 e. The minimum atomic E-state index is -0.877. The third kappa shape index (κ3) is 5.04. The molecule has 0 heterocycles. The number of hydrogen-bond acceptors (Lipinski definition) is 6. The Balaban J connectivity index is 1.57. The normalized spacial score (nSPS) is 10.7. The molecule has 0 unspecified atom stereocenters. The van der Waals surface area contributed by atoms with E-state index in [9.17, 15) is 9.59 Å². The molecular formula is C28H17IO6. The Morgan fingerprint density at radius 3 is 1.43 bits per heavy atom. The van der Waals surface area contributed by atoms with Crippen LogP contribution in [0.4, 0.5) is 9.59 Å². The van der Waals surface area contributed by atoms with Crippen LogP contribution in [0, 0.1) is 3.57 Å². The van der Waals surface area contributed by atoms with Crippen LogP contribution in [-0.2, 0) is 0 Å². The summed E-state index contributed by atoms with van der Waals surface area (Å²) in [5, 5.41) is 2.32. The zero-order valence-electron chi connectivity index (χ0n) is 18.1. The lowest BCUT2D eigenvalue weighted by Gasteiger charge is -2.16. The van der Waals surface area contributed by atoms with Gasteiger partial charge in [-0.3, -0.25) is 0 Å². The van der Waals surface area contributed by atoms with Crippen molar-refractivity contribution in [1.29, 1.82) is 0 Å². The molecule has 0 aromatic heterocycles. The first-order valence-electron chi connectivity index (χ1n) is 10.6. The molecule has 0 fully saturated rings. The molecule has 5 aromatic rings. The fraction of sp³-hybridized carbons (Fsp3) is 0. The smallest absolute Gasteiger partial charge is 0.395 e. The monoisotopic (exact) mass is 576 g/mol. The van der Waals surface area contributed by atoms with E-state index >= 15 is 0 Å². The minimum absolute atomic E-state index is 0.303. The van der Waals surface area contributed by atoms with E-state index in [1.54, 1.807) is 60.7 Å². The number of para-hydroxylation sites is 2. The van der Waals surface area contributed by atoms with Gasteiger partial charge in [-0.2, -0.15) is 0 Å². The highest BCUT2D eigenvalue weighted by Gasteiger charge is 2.22. The lowest BCUT2D eigenvalue weighted by Crippen LogP contribution is -2.16. The maximum atomic E-state index is 12.7. The van der Waals surface area contributed by atoms with Crippen LogP contribution < -0.4 is 18.9 Å². The molecule has 6 nitrogen and oxygen atoms in total. The molecule has 172 valence electrons. The van der Waals surface area contributed by atoms with Gasteiger partial charge in [0.05, 0.1) is 0 Å². The molecule has 0 saturated heterocycles. The standard InChI is InChI=1S/C28H17IO6/c29-18-15-16-23-24(17-18)26(35-28(31)33-20-11-5-2-6-12-20)22-14-8-7-13-21(22)25(23)34-27(30)32-19-9-3-1-4-10-19/h1-17H. The summed E-state index contributed by atoms with van der Waals surface area (Å²) in [6.07, 6.45) is -1.75. The quantitative estimate of drug-likeness (QED) is 0.0943. The first-order chi connectivity index (χ1) is 17.1. The summed E-state index contributed by atoms with van der Waals surface area (Å²) in [5.41, 5.74) is 0. The van der Waals surface area contributed by atoms with E-state index in [1.165, 1.54) is 0 Å². The number of fused-ring (bicyclic) bond motifs is 2. The average molecular weight is 576 g/mol. The van der Waals surface area contributed by atoms with Crippen molar-refractivity contribution in [1.82, 2.24) is 0 Å². The zero-order valence-corrected chi connectivity index (χ0v) is 20.3. The number of carbonyl (C=O) groups is 2. The van der Waals surface area contributed by atoms with Crippen molar-refractivity contribution < 1.29 is 28.5 Å². The number of rotatable bonds is 4. The highest BCUT2D eigenvalue weighted by atomic mass is 127.